The molecule has 0 saturated heterocycles. The van der Waals surface area contributed by atoms with Crippen molar-refractivity contribution in [1.29, 1.82) is 0 Å². The van der Waals surface area contributed by atoms with Gasteiger partial charge in [-0.2, -0.15) is 4.98 Å². The third kappa shape index (κ3) is 3.42. The normalized spacial score (nSPS) is 10.5. The van der Waals surface area contributed by atoms with Crippen molar-refractivity contribution < 1.29 is 9.13 Å². The average molecular weight is 343 g/mol. The van der Waals surface area contributed by atoms with Crippen LogP contribution in [0.4, 0.5) is 4.39 Å². The molecule has 2 aromatic heterocycles. The van der Waals surface area contributed by atoms with Gasteiger partial charge in [0, 0.05) is 23.5 Å². The zero-order chi connectivity index (χ0) is 17.8. The van der Waals surface area contributed by atoms with E-state index in [9.17, 15) is 4.39 Å². The molecule has 0 unspecified atom stereocenters. The van der Waals surface area contributed by atoms with Crippen molar-refractivity contribution in [1.82, 2.24) is 15.0 Å². The predicted molar refractivity (Wildman–Crippen MR) is 97.2 cm³/mol. The van der Waals surface area contributed by atoms with Crippen LogP contribution in [0.1, 0.15) is 0 Å². The van der Waals surface area contributed by atoms with Gasteiger partial charge in [-0.25, -0.2) is 9.37 Å². The van der Waals surface area contributed by atoms with E-state index in [0.717, 1.165) is 16.8 Å². The van der Waals surface area contributed by atoms with Crippen molar-refractivity contribution in [3.05, 3.63) is 91.0 Å². The van der Waals surface area contributed by atoms with E-state index in [-0.39, 0.29) is 11.8 Å². The van der Waals surface area contributed by atoms with E-state index in [4.69, 9.17) is 4.74 Å². The van der Waals surface area contributed by atoms with Gasteiger partial charge >= 0.3 is 6.01 Å². The summed E-state index contributed by atoms with van der Waals surface area (Å²) in [4.78, 5) is 13.1. The highest BCUT2D eigenvalue weighted by Gasteiger charge is 2.11. The van der Waals surface area contributed by atoms with Gasteiger partial charge in [0.2, 0.25) is 0 Å². The molecule has 0 aliphatic rings. The SMILES string of the molecule is Fc1ccc(-c2ncccc2-c2ccnc(Oc3ccccc3)n2)cc1. The highest BCUT2D eigenvalue weighted by molar-refractivity contribution is 5.78. The first-order valence-corrected chi connectivity index (χ1v) is 8.07. The maximum atomic E-state index is 13.2. The fourth-order valence-electron chi connectivity index (χ4n) is 2.58. The number of pyridine rings is 1. The van der Waals surface area contributed by atoms with Crippen LogP contribution >= 0.6 is 0 Å². The Morgan fingerprint density at radius 1 is 0.731 bits per heavy atom. The Kier molecular flexibility index (Phi) is 4.35. The Hall–Kier alpha value is -3.60. The van der Waals surface area contributed by atoms with Crippen LogP contribution in [-0.2, 0) is 0 Å². The van der Waals surface area contributed by atoms with Gasteiger partial charge in [0.05, 0.1) is 11.4 Å². The molecule has 2 aromatic carbocycles. The van der Waals surface area contributed by atoms with Crippen molar-refractivity contribution in [3.8, 4) is 34.3 Å². The minimum Gasteiger partial charge on any atom is -0.424 e. The lowest BCUT2D eigenvalue weighted by atomic mass is 10.0. The van der Waals surface area contributed by atoms with Crippen molar-refractivity contribution in [2.45, 2.75) is 0 Å². The molecule has 0 fully saturated rings. The van der Waals surface area contributed by atoms with E-state index in [0.29, 0.717) is 11.4 Å². The van der Waals surface area contributed by atoms with E-state index in [1.165, 1.54) is 12.1 Å². The molecule has 4 rings (SSSR count). The minimum absolute atomic E-state index is 0.252. The molecule has 0 aliphatic carbocycles. The second kappa shape index (κ2) is 7.11. The molecule has 0 radical (unpaired) electrons. The first-order chi connectivity index (χ1) is 12.8. The standard InChI is InChI=1S/C21H14FN3O/c22-16-10-8-15(9-11-16)20-18(7-4-13-23-20)19-12-14-24-21(25-19)26-17-5-2-1-3-6-17/h1-14H. The van der Waals surface area contributed by atoms with Crippen LogP contribution in [0.3, 0.4) is 0 Å². The molecular formula is C21H14FN3O. The summed E-state index contributed by atoms with van der Waals surface area (Å²) in [7, 11) is 0. The first-order valence-electron chi connectivity index (χ1n) is 8.07. The van der Waals surface area contributed by atoms with Crippen molar-refractivity contribution in [2.75, 3.05) is 0 Å². The van der Waals surface area contributed by atoms with Gasteiger partial charge in [0.25, 0.3) is 0 Å². The molecule has 126 valence electrons. The molecule has 4 aromatic rings. The molecule has 0 N–H and O–H groups in total. The quantitative estimate of drug-likeness (QED) is 0.515. The average Bonchev–Trinajstić information content (AvgIpc) is 2.70. The Bertz CT molecular complexity index is 1020. The van der Waals surface area contributed by atoms with Crippen LogP contribution in [0.25, 0.3) is 22.5 Å². The van der Waals surface area contributed by atoms with Gasteiger partial charge in [0.1, 0.15) is 11.6 Å². The van der Waals surface area contributed by atoms with Gasteiger partial charge in [-0.15, -0.1) is 0 Å². The molecule has 4 nitrogen and oxygen atoms in total. The summed E-state index contributed by atoms with van der Waals surface area (Å²) in [6.07, 6.45) is 3.34. The fourth-order valence-corrected chi connectivity index (χ4v) is 2.58. The summed E-state index contributed by atoms with van der Waals surface area (Å²) < 4.78 is 18.9. The zero-order valence-corrected chi connectivity index (χ0v) is 13.7. The molecule has 26 heavy (non-hydrogen) atoms. The number of rotatable bonds is 4. The Morgan fingerprint density at radius 3 is 2.35 bits per heavy atom. The number of para-hydroxylation sites is 1. The van der Waals surface area contributed by atoms with Crippen LogP contribution in [0.5, 0.6) is 11.8 Å². The second-order valence-corrected chi connectivity index (χ2v) is 5.55. The van der Waals surface area contributed by atoms with Crippen molar-refractivity contribution in [2.24, 2.45) is 0 Å². The van der Waals surface area contributed by atoms with E-state index in [1.54, 1.807) is 30.6 Å². The van der Waals surface area contributed by atoms with Crippen molar-refractivity contribution in [3.63, 3.8) is 0 Å². The monoisotopic (exact) mass is 343 g/mol. The number of hydrogen-bond donors (Lipinski definition) is 0. The Balaban J connectivity index is 1.72. The molecule has 0 saturated carbocycles. The van der Waals surface area contributed by atoms with Crippen LogP contribution < -0.4 is 4.74 Å². The summed E-state index contributed by atoms with van der Waals surface area (Å²) in [5.41, 5.74) is 3.03. The lowest BCUT2D eigenvalue weighted by molar-refractivity contribution is 0.442. The zero-order valence-electron chi connectivity index (χ0n) is 13.7. The number of halogens is 1. The summed E-state index contributed by atoms with van der Waals surface area (Å²) in [5, 5.41) is 0. The van der Waals surface area contributed by atoms with Crippen LogP contribution in [0.15, 0.2) is 85.2 Å². The van der Waals surface area contributed by atoms with Crippen LogP contribution in [-0.4, -0.2) is 15.0 Å². The van der Waals surface area contributed by atoms with Gasteiger partial charge in [0.15, 0.2) is 0 Å². The summed E-state index contributed by atoms with van der Waals surface area (Å²) >= 11 is 0. The fraction of sp³-hybridized carbons (Fsp3) is 0. The second-order valence-electron chi connectivity index (χ2n) is 5.55. The van der Waals surface area contributed by atoms with Gasteiger partial charge in [-0.05, 0) is 54.6 Å². The maximum Gasteiger partial charge on any atom is 0.322 e. The van der Waals surface area contributed by atoms with E-state index < -0.39 is 0 Å². The predicted octanol–water partition coefficient (Wildman–Crippen LogP) is 5.14. The lowest BCUT2D eigenvalue weighted by Crippen LogP contribution is -1.95. The molecule has 0 amide bonds. The third-order valence-electron chi connectivity index (χ3n) is 3.79. The number of hydrogen-bond acceptors (Lipinski definition) is 4. The van der Waals surface area contributed by atoms with Gasteiger partial charge < -0.3 is 4.74 Å². The Morgan fingerprint density at radius 2 is 1.54 bits per heavy atom. The largest absolute Gasteiger partial charge is 0.424 e. The molecule has 2 heterocycles. The number of benzene rings is 2. The highest BCUT2D eigenvalue weighted by Crippen LogP contribution is 2.30. The van der Waals surface area contributed by atoms with E-state index >= 15 is 0 Å². The minimum atomic E-state index is -0.285. The molecular weight excluding hydrogens is 329 g/mol. The van der Waals surface area contributed by atoms with Gasteiger partial charge in [-0.3, -0.25) is 4.98 Å². The first kappa shape index (κ1) is 15.9. The molecule has 5 heteroatoms. The summed E-state index contributed by atoms with van der Waals surface area (Å²) in [6, 6.07) is 21.4. The van der Waals surface area contributed by atoms with E-state index in [2.05, 4.69) is 15.0 Å². The lowest BCUT2D eigenvalue weighted by Gasteiger charge is -2.09. The maximum absolute atomic E-state index is 13.2. The summed E-state index contributed by atoms with van der Waals surface area (Å²) in [5.74, 6) is 0.376. The topological polar surface area (TPSA) is 47.9 Å². The molecule has 0 aliphatic heterocycles. The van der Waals surface area contributed by atoms with Crippen LogP contribution in [0.2, 0.25) is 0 Å². The molecule has 0 bridgehead atoms. The van der Waals surface area contributed by atoms with E-state index in [1.807, 2.05) is 42.5 Å². The number of ether oxygens (including phenoxy) is 1. The third-order valence-corrected chi connectivity index (χ3v) is 3.79. The Labute approximate surface area is 150 Å². The molecule has 0 spiro atoms. The highest BCUT2D eigenvalue weighted by atomic mass is 19.1. The number of nitrogens with zero attached hydrogens (tertiary/aromatic N) is 3. The number of aromatic nitrogens is 3. The summed E-state index contributed by atoms with van der Waals surface area (Å²) in [6.45, 7) is 0. The van der Waals surface area contributed by atoms with Gasteiger partial charge in [-0.1, -0.05) is 18.2 Å². The van der Waals surface area contributed by atoms with Crippen LogP contribution in [0, 0.1) is 5.82 Å². The molecule has 0 atom stereocenters. The smallest absolute Gasteiger partial charge is 0.322 e. The van der Waals surface area contributed by atoms with Crippen molar-refractivity contribution >= 4 is 0 Å².